The highest BCUT2D eigenvalue weighted by Gasteiger charge is 2.11. The Kier molecular flexibility index (Phi) is 5.49. The number of aliphatic hydroxyl groups excluding tert-OH is 1. The summed E-state index contributed by atoms with van der Waals surface area (Å²) in [4.78, 5) is 0. The largest absolute Gasteiger partial charge is 0.491 e. The number of ether oxygens (including phenoxy) is 1. The van der Waals surface area contributed by atoms with Crippen LogP contribution in [-0.4, -0.2) is 17.3 Å². The van der Waals surface area contributed by atoms with E-state index < -0.39 is 0 Å². The van der Waals surface area contributed by atoms with E-state index in [1.807, 2.05) is 45.9 Å². The van der Waals surface area contributed by atoms with Crippen LogP contribution in [0.2, 0.25) is 0 Å². The molecule has 1 rings (SSSR count). The zero-order valence-corrected chi connectivity index (χ0v) is 11.3. The minimum atomic E-state index is -0.234. The van der Waals surface area contributed by atoms with Crippen LogP contribution in [0.15, 0.2) is 24.3 Å². The number of benzene rings is 1. The third-order valence-corrected chi connectivity index (χ3v) is 2.81. The summed E-state index contributed by atoms with van der Waals surface area (Å²) < 4.78 is 5.76. The number of hydrogen-bond donors (Lipinski definition) is 1. The Balaban J connectivity index is 2.63. The zero-order valence-electron chi connectivity index (χ0n) is 11.3. The van der Waals surface area contributed by atoms with Crippen LogP contribution in [0.4, 0.5) is 0 Å². The van der Waals surface area contributed by atoms with Gasteiger partial charge in [-0.15, -0.1) is 0 Å². The van der Waals surface area contributed by atoms with Crippen LogP contribution in [0.3, 0.4) is 0 Å². The van der Waals surface area contributed by atoms with Crippen molar-refractivity contribution in [2.24, 2.45) is 5.92 Å². The standard InChI is InChI=1S/C15H24O2/c1-11(2)14(16)10-9-13-7-5-6-8-15(13)17-12(3)4/h5-8,11-12,14,16H,9-10H2,1-4H3. The number of para-hydroxylation sites is 1. The maximum Gasteiger partial charge on any atom is 0.122 e. The summed E-state index contributed by atoms with van der Waals surface area (Å²) in [5.41, 5.74) is 1.18. The Bertz CT molecular complexity index is 331. The summed E-state index contributed by atoms with van der Waals surface area (Å²) in [5.74, 6) is 1.26. The maximum absolute atomic E-state index is 9.82. The van der Waals surface area contributed by atoms with Gasteiger partial charge in [-0.1, -0.05) is 32.0 Å². The van der Waals surface area contributed by atoms with E-state index in [-0.39, 0.29) is 12.2 Å². The molecule has 0 aliphatic heterocycles. The molecule has 2 nitrogen and oxygen atoms in total. The molecule has 0 saturated carbocycles. The summed E-state index contributed by atoms with van der Waals surface area (Å²) in [6.45, 7) is 8.14. The highest BCUT2D eigenvalue weighted by atomic mass is 16.5. The van der Waals surface area contributed by atoms with E-state index in [2.05, 4.69) is 6.07 Å². The summed E-state index contributed by atoms with van der Waals surface area (Å²) in [6.07, 6.45) is 1.60. The van der Waals surface area contributed by atoms with Gasteiger partial charge in [0.15, 0.2) is 0 Å². The highest BCUT2D eigenvalue weighted by molar-refractivity contribution is 5.33. The number of hydrogen-bond acceptors (Lipinski definition) is 2. The zero-order chi connectivity index (χ0) is 12.8. The summed E-state index contributed by atoms with van der Waals surface area (Å²) in [6, 6.07) is 8.08. The third kappa shape index (κ3) is 4.78. The molecule has 0 radical (unpaired) electrons. The van der Waals surface area contributed by atoms with E-state index in [0.29, 0.717) is 5.92 Å². The molecule has 0 fully saturated rings. The molecule has 0 saturated heterocycles. The molecule has 0 spiro atoms. The fourth-order valence-corrected chi connectivity index (χ4v) is 1.72. The third-order valence-electron chi connectivity index (χ3n) is 2.81. The predicted molar refractivity (Wildman–Crippen MR) is 71.4 cm³/mol. The van der Waals surface area contributed by atoms with E-state index in [1.165, 1.54) is 5.56 Å². The summed E-state index contributed by atoms with van der Waals surface area (Å²) >= 11 is 0. The van der Waals surface area contributed by atoms with Gasteiger partial charge in [0, 0.05) is 0 Å². The van der Waals surface area contributed by atoms with Gasteiger partial charge in [0.1, 0.15) is 5.75 Å². The first-order valence-electron chi connectivity index (χ1n) is 6.43. The van der Waals surface area contributed by atoms with Gasteiger partial charge in [-0.25, -0.2) is 0 Å². The molecule has 2 heteroatoms. The molecular weight excluding hydrogens is 212 g/mol. The minimum absolute atomic E-state index is 0.186. The van der Waals surface area contributed by atoms with Gasteiger partial charge in [0.05, 0.1) is 12.2 Å². The molecule has 0 amide bonds. The fourth-order valence-electron chi connectivity index (χ4n) is 1.72. The van der Waals surface area contributed by atoms with Crippen molar-refractivity contribution in [3.8, 4) is 5.75 Å². The lowest BCUT2D eigenvalue weighted by molar-refractivity contribution is 0.116. The normalized spacial score (nSPS) is 13.1. The molecule has 0 heterocycles. The minimum Gasteiger partial charge on any atom is -0.491 e. The average Bonchev–Trinajstić information content (AvgIpc) is 2.26. The molecule has 96 valence electrons. The summed E-state index contributed by atoms with van der Waals surface area (Å²) in [5, 5.41) is 9.82. The second kappa shape index (κ2) is 6.65. The van der Waals surface area contributed by atoms with Gasteiger partial charge in [0.25, 0.3) is 0 Å². The fraction of sp³-hybridized carbons (Fsp3) is 0.600. The average molecular weight is 236 g/mol. The number of aryl methyl sites for hydroxylation is 1. The van der Waals surface area contributed by atoms with Gasteiger partial charge in [-0.2, -0.15) is 0 Å². The number of aliphatic hydroxyl groups is 1. The van der Waals surface area contributed by atoms with E-state index in [4.69, 9.17) is 4.74 Å². The van der Waals surface area contributed by atoms with Crippen molar-refractivity contribution in [2.45, 2.75) is 52.7 Å². The van der Waals surface area contributed by atoms with Crippen LogP contribution in [-0.2, 0) is 6.42 Å². The molecule has 1 aromatic carbocycles. The van der Waals surface area contributed by atoms with Crippen LogP contribution in [0.1, 0.15) is 39.7 Å². The Morgan fingerprint density at radius 3 is 2.35 bits per heavy atom. The van der Waals surface area contributed by atoms with Gasteiger partial charge in [0.2, 0.25) is 0 Å². The van der Waals surface area contributed by atoms with Crippen molar-refractivity contribution >= 4 is 0 Å². The van der Waals surface area contributed by atoms with E-state index in [1.54, 1.807) is 0 Å². The predicted octanol–water partition coefficient (Wildman–Crippen LogP) is 3.42. The van der Waals surface area contributed by atoms with Gasteiger partial charge < -0.3 is 9.84 Å². The second-order valence-electron chi connectivity index (χ2n) is 5.12. The quantitative estimate of drug-likeness (QED) is 0.820. The molecule has 1 aromatic rings. The Hall–Kier alpha value is -1.02. The first-order valence-corrected chi connectivity index (χ1v) is 6.43. The Morgan fingerprint density at radius 1 is 1.12 bits per heavy atom. The van der Waals surface area contributed by atoms with Gasteiger partial charge in [-0.3, -0.25) is 0 Å². The van der Waals surface area contributed by atoms with E-state index in [9.17, 15) is 5.11 Å². The SMILES string of the molecule is CC(C)Oc1ccccc1CCC(O)C(C)C. The lowest BCUT2D eigenvalue weighted by Crippen LogP contribution is -2.16. The highest BCUT2D eigenvalue weighted by Crippen LogP contribution is 2.22. The topological polar surface area (TPSA) is 29.5 Å². The monoisotopic (exact) mass is 236 g/mol. The van der Waals surface area contributed by atoms with Crippen molar-refractivity contribution in [3.63, 3.8) is 0 Å². The van der Waals surface area contributed by atoms with Gasteiger partial charge in [-0.05, 0) is 44.2 Å². The maximum atomic E-state index is 9.82. The van der Waals surface area contributed by atoms with Crippen molar-refractivity contribution in [2.75, 3.05) is 0 Å². The van der Waals surface area contributed by atoms with E-state index >= 15 is 0 Å². The molecule has 1 atom stereocenters. The Morgan fingerprint density at radius 2 is 1.76 bits per heavy atom. The number of rotatable bonds is 6. The van der Waals surface area contributed by atoms with Crippen molar-refractivity contribution in [1.82, 2.24) is 0 Å². The molecular formula is C15H24O2. The summed E-state index contributed by atoms with van der Waals surface area (Å²) in [7, 11) is 0. The molecule has 0 aliphatic carbocycles. The Labute approximate surface area is 105 Å². The van der Waals surface area contributed by atoms with Crippen LogP contribution in [0.25, 0.3) is 0 Å². The molecule has 0 aliphatic rings. The van der Waals surface area contributed by atoms with Crippen molar-refractivity contribution in [3.05, 3.63) is 29.8 Å². The molecule has 1 unspecified atom stereocenters. The smallest absolute Gasteiger partial charge is 0.122 e. The molecule has 0 aromatic heterocycles. The molecule has 0 bridgehead atoms. The molecule has 1 N–H and O–H groups in total. The van der Waals surface area contributed by atoms with Crippen LogP contribution in [0, 0.1) is 5.92 Å². The van der Waals surface area contributed by atoms with Crippen LogP contribution < -0.4 is 4.74 Å². The van der Waals surface area contributed by atoms with Gasteiger partial charge >= 0.3 is 0 Å². The lowest BCUT2D eigenvalue weighted by atomic mass is 9.99. The van der Waals surface area contributed by atoms with Crippen LogP contribution >= 0.6 is 0 Å². The first kappa shape index (κ1) is 14.0. The lowest BCUT2D eigenvalue weighted by Gasteiger charge is -2.17. The van der Waals surface area contributed by atoms with E-state index in [0.717, 1.165) is 18.6 Å². The van der Waals surface area contributed by atoms with Crippen molar-refractivity contribution < 1.29 is 9.84 Å². The first-order chi connectivity index (χ1) is 8.00. The van der Waals surface area contributed by atoms with Crippen molar-refractivity contribution in [1.29, 1.82) is 0 Å². The second-order valence-corrected chi connectivity index (χ2v) is 5.12. The van der Waals surface area contributed by atoms with Crippen LogP contribution in [0.5, 0.6) is 5.75 Å². The molecule has 17 heavy (non-hydrogen) atoms.